The van der Waals surface area contributed by atoms with Crippen molar-refractivity contribution >= 4 is 33.3 Å². The number of thiocarbonyl (C=S) groups is 1. The number of carbonyl (C=O) groups excluding carboxylic acids is 1. The van der Waals surface area contributed by atoms with Crippen molar-refractivity contribution in [3.8, 4) is 5.69 Å². The normalized spacial score (nSPS) is 15.2. The van der Waals surface area contributed by atoms with Crippen molar-refractivity contribution in [2.24, 2.45) is 0 Å². The molecule has 0 N–H and O–H groups in total. The predicted molar refractivity (Wildman–Crippen MR) is 102 cm³/mol. The largest absolute Gasteiger partial charge is 0.287 e. The molecule has 1 aromatic heterocycles. The Hall–Kier alpha value is -2.26. The van der Waals surface area contributed by atoms with E-state index in [-0.39, 0.29) is 22.5 Å². The highest BCUT2D eigenvalue weighted by molar-refractivity contribution is 7.91. The summed E-state index contributed by atoms with van der Waals surface area (Å²) in [6, 6.07) is 8.35. The molecule has 3 rings (SSSR count). The van der Waals surface area contributed by atoms with Gasteiger partial charge in [0.1, 0.15) is 6.54 Å². The zero-order valence-electron chi connectivity index (χ0n) is 14.8. The minimum atomic E-state index is -3.88. The first-order chi connectivity index (χ1) is 12.3. The molecule has 0 saturated carbocycles. The van der Waals surface area contributed by atoms with Gasteiger partial charge in [-0.1, -0.05) is 6.92 Å². The standard InChI is InChI=1S/C17H20N4O3S2/c1-4-9-19-16(22)11-20(17(19)25)26(23,24)15-7-5-14(6-8-15)21-13(3)10-12(2)18-21/h5-8,10H,4,9,11H2,1-3H3. The van der Waals surface area contributed by atoms with E-state index in [0.29, 0.717) is 13.0 Å². The van der Waals surface area contributed by atoms with Gasteiger partial charge in [0, 0.05) is 12.2 Å². The van der Waals surface area contributed by atoms with E-state index in [1.54, 1.807) is 16.8 Å². The van der Waals surface area contributed by atoms with Gasteiger partial charge in [-0.15, -0.1) is 0 Å². The second kappa shape index (κ2) is 6.81. The van der Waals surface area contributed by atoms with Crippen molar-refractivity contribution in [2.45, 2.75) is 32.1 Å². The first-order valence-electron chi connectivity index (χ1n) is 8.26. The number of hydrogen-bond acceptors (Lipinski definition) is 5. The summed E-state index contributed by atoms with van der Waals surface area (Å²) >= 11 is 5.21. The average Bonchev–Trinajstić information content (AvgIpc) is 3.08. The van der Waals surface area contributed by atoms with Gasteiger partial charge >= 0.3 is 0 Å². The lowest BCUT2D eigenvalue weighted by Crippen LogP contribution is -2.36. The summed E-state index contributed by atoms with van der Waals surface area (Å²) in [5.74, 6) is -0.292. The Kier molecular flexibility index (Phi) is 4.85. The fraction of sp³-hybridized carbons (Fsp3) is 0.353. The lowest BCUT2D eigenvalue weighted by molar-refractivity contribution is -0.124. The van der Waals surface area contributed by atoms with E-state index < -0.39 is 10.0 Å². The molecule has 2 aromatic rings. The molecule has 0 atom stereocenters. The van der Waals surface area contributed by atoms with Crippen LogP contribution in [0.1, 0.15) is 24.7 Å². The van der Waals surface area contributed by atoms with E-state index in [9.17, 15) is 13.2 Å². The molecule has 9 heteroatoms. The van der Waals surface area contributed by atoms with Crippen LogP contribution in [0.2, 0.25) is 0 Å². The Morgan fingerprint density at radius 3 is 2.38 bits per heavy atom. The molecule has 0 unspecified atom stereocenters. The van der Waals surface area contributed by atoms with Crippen molar-refractivity contribution in [3.63, 3.8) is 0 Å². The van der Waals surface area contributed by atoms with Crippen LogP contribution in [0.4, 0.5) is 0 Å². The third-order valence-corrected chi connectivity index (χ3v) is 6.46. The topological polar surface area (TPSA) is 75.5 Å². The summed E-state index contributed by atoms with van der Waals surface area (Å²) in [7, 11) is -3.88. The Morgan fingerprint density at radius 1 is 1.19 bits per heavy atom. The summed E-state index contributed by atoms with van der Waals surface area (Å²) in [5.41, 5.74) is 2.61. The molecule has 1 aliphatic rings. The Morgan fingerprint density at radius 2 is 1.85 bits per heavy atom. The van der Waals surface area contributed by atoms with Crippen LogP contribution in [-0.2, 0) is 14.8 Å². The van der Waals surface area contributed by atoms with Crippen LogP contribution in [0.3, 0.4) is 0 Å². The lowest BCUT2D eigenvalue weighted by atomic mass is 10.3. The van der Waals surface area contributed by atoms with Gasteiger partial charge in [-0.3, -0.25) is 9.69 Å². The van der Waals surface area contributed by atoms with Crippen molar-refractivity contribution < 1.29 is 13.2 Å². The zero-order valence-corrected chi connectivity index (χ0v) is 16.5. The molecule has 1 saturated heterocycles. The summed E-state index contributed by atoms with van der Waals surface area (Å²) in [5, 5.41) is 4.43. The fourth-order valence-electron chi connectivity index (χ4n) is 2.93. The van der Waals surface area contributed by atoms with Crippen LogP contribution >= 0.6 is 12.2 Å². The quantitative estimate of drug-likeness (QED) is 0.728. The summed E-state index contributed by atoms with van der Waals surface area (Å²) < 4.78 is 28.5. The number of benzene rings is 1. The number of rotatable bonds is 5. The molecule has 26 heavy (non-hydrogen) atoms. The molecule has 1 fully saturated rings. The molecule has 0 spiro atoms. The molecule has 0 aliphatic carbocycles. The van der Waals surface area contributed by atoms with Crippen molar-refractivity contribution in [1.29, 1.82) is 0 Å². The summed E-state index contributed by atoms with van der Waals surface area (Å²) in [4.78, 5) is 13.5. The van der Waals surface area contributed by atoms with Gasteiger partial charge in [-0.2, -0.15) is 5.10 Å². The average molecular weight is 393 g/mol. The molecule has 1 amide bonds. The van der Waals surface area contributed by atoms with Gasteiger partial charge < -0.3 is 0 Å². The van der Waals surface area contributed by atoms with Crippen molar-refractivity contribution in [2.75, 3.05) is 13.1 Å². The van der Waals surface area contributed by atoms with Crippen LogP contribution in [0.5, 0.6) is 0 Å². The van der Waals surface area contributed by atoms with Crippen LogP contribution in [0.25, 0.3) is 5.69 Å². The number of hydrogen-bond donors (Lipinski definition) is 0. The number of sulfonamides is 1. The summed E-state index contributed by atoms with van der Waals surface area (Å²) in [6.07, 6.45) is 0.705. The van der Waals surface area contributed by atoms with E-state index in [0.717, 1.165) is 21.4 Å². The highest BCUT2D eigenvalue weighted by Gasteiger charge is 2.40. The molecule has 0 bridgehead atoms. The monoisotopic (exact) mass is 392 g/mol. The first kappa shape index (κ1) is 18.5. The maximum atomic E-state index is 12.9. The zero-order chi connectivity index (χ0) is 19.1. The van der Waals surface area contributed by atoms with Crippen LogP contribution in [-0.4, -0.2) is 51.5 Å². The highest BCUT2D eigenvalue weighted by atomic mass is 32.2. The van der Waals surface area contributed by atoms with Gasteiger partial charge in [0.05, 0.1) is 16.3 Å². The Balaban J connectivity index is 1.90. The number of aromatic nitrogens is 2. The first-order valence-corrected chi connectivity index (χ1v) is 10.1. The third kappa shape index (κ3) is 3.12. The SMILES string of the molecule is CCCN1C(=O)CN(S(=O)(=O)c2ccc(-n3nc(C)cc3C)cc2)C1=S. The number of aryl methyl sites for hydroxylation is 2. The summed E-state index contributed by atoms with van der Waals surface area (Å²) in [6.45, 7) is 5.91. The van der Waals surface area contributed by atoms with Gasteiger partial charge in [0.15, 0.2) is 5.11 Å². The van der Waals surface area contributed by atoms with Crippen LogP contribution < -0.4 is 0 Å². The highest BCUT2D eigenvalue weighted by Crippen LogP contribution is 2.23. The molecule has 1 aromatic carbocycles. The second-order valence-corrected chi connectivity index (χ2v) is 8.40. The lowest BCUT2D eigenvalue weighted by Gasteiger charge is -2.20. The molecule has 138 valence electrons. The molecule has 2 heterocycles. The van der Waals surface area contributed by atoms with E-state index in [4.69, 9.17) is 12.2 Å². The van der Waals surface area contributed by atoms with E-state index in [1.807, 2.05) is 26.8 Å². The van der Waals surface area contributed by atoms with Gasteiger partial charge in [0.2, 0.25) is 5.91 Å². The maximum Gasteiger partial charge on any atom is 0.266 e. The minimum Gasteiger partial charge on any atom is -0.287 e. The minimum absolute atomic E-state index is 0.0412. The van der Waals surface area contributed by atoms with Gasteiger partial charge in [-0.25, -0.2) is 17.4 Å². The second-order valence-electron chi connectivity index (χ2n) is 6.17. The fourth-order valence-corrected chi connectivity index (χ4v) is 4.80. The Labute approximate surface area is 158 Å². The van der Waals surface area contributed by atoms with Gasteiger partial charge in [0.25, 0.3) is 10.0 Å². The van der Waals surface area contributed by atoms with E-state index >= 15 is 0 Å². The molecule has 7 nitrogen and oxygen atoms in total. The maximum absolute atomic E-state index is 12.9. The van der Waals surface area contributed by atoms with Crippen molar-refractivity contribution in [3.05, 3.63) is 41.7 Å². The molecule has 1 aliphatic heterocycles. The Bertz CT molecular complexity index is 964. The van der Waals surface area contributed by atoms with Crippen molar-refractivity contribution in [1.82, 2.24) is 19.0 Å². The van der Waals surface area contributed by atoms with Crippen LogP contribution in [0.15, 0.2) is 35.2 Å². The molecule has 0 radical (unpaired) electrons. The third-order valence-electron chi connectivity index (χ3n) is 4.15. The van der Waals surface area contributed by atoms with E-state index in [2.05, 4.69) is 5.10 Å². The molecular formula is C17H20N4O3S2. The molecular weight excluding hydrogens is 372 g/mol. The van der Waals surface area contributed by atoms with E-state index in [1.165, 1.54) is 17.0 Å². The number of nitrogens with zero attached hydrogens (tertiary/aromatic N) is 4. The van der Waals surface area contributed by atoms with Crippen LogP contribution in [0, 0.1) is 13.8 Å². The smallest absolute Gasteiger partial charge is 0.266 e. The number of amides is 1. The predicted octanol–water partition coefficient (Wildman–Crippen LogP) is 2.02. The van der Waals surface area contributed by atoms with Gasteiger partial charge in [-0.05, 0) is 62.8 Å². The number of carbonyl (C=O) groups is 1.